The number of rotatable bonds is 2. The fourth-order valence-electron chi connectivity index (χ4n) is 1.12. The van der Waals surface area contributed by atoms with Gasteiger partial charge in [-0.2, -0.15) is 0 Å². The van der Waals surface area contributed by atoms with Gasteiger partial charge in [0.25, 0.3) is 0 Å². The number of amides is 1. The number of nitrogens with zero attached hydrogens (tertiary/aromatic N) is 1. The van der Waals surface area contributed by atoms with Crippen LogP contribution in [0.5, 0.6) is 0 Å². The quantitative estimate of drug-likeness (QED) is 0.497. The Labute approximate surface area is 59.6 Å². The molecule has 10 heavy (non-hydrogen) atoms. The summed E-state index contributed by atoms with van der Waals surface area (Å²) in [5.41, 5.74) is 5.24. The van der Waals surface area contributed by atoms with E-state index in [-0.39, 0.29) is 12.3 Å². The molecule has 1 aliphatic heterocycles. The van der Waals surface area contributed by atoms with Gasteiger partial charge >= 0.3 is 0 Å². The second kappa shape index (κ2) is 2.98. The zero-order valence-electron chi connectivity index (χ0n) is 5.79. The van der Waals surface area contributed by atoms with E-state index in [4.69, 9.17) is 10.8 Å². The van der Waals surface area contributed by atoms with Crippen LogP contribution in [0.3, 0.4) is 0 Å². The van der Waals surface area contributed by atoms with Crippen LogP contribution < -0.4 is 5.73 Å². The van der Waals surface area contributed by atoms with Gasteiger partial charge in [-0.25, -0.2) is 0 Å². The predicted octanol–water partition coefficient (Wildman–Crippen LogP) is -1.46. The zero-order chi connectivity index (χ0) is 7.56. The fraction of sp³-hybridized carbons (Fsp3) is 0.833. The van der Waals surface area contributed by atoms with E-state index in [1.165, 1.54) is 0 Å². The molecular weight excluding hydrogens is 132 g/mol. The Bertz CT molecular complexity index is 138. The third-order valence-corrected chi connectivity index (χ3v) is 1.59. The number of hydrogen-bond donors (Lipinski definition) is 2. The summed E-state index contributed by atoms with van der Waals surface area (Å²) in [5.74, 6) is 0.0120. The van der Waals surface area contributed by atoms with Crippen LogP contribution in [-0.4, -0.2) is 41.7 Å². The number of aliphatic hydroxyl groups excluding tert-OH is 1. The molecule has 0 unspecified atom stereocenters. The minimum atomic E-state index is -0.473. The van der Waals surface area contributed by atoms with Gasteiger partial charge in [0.15, 0.2) is 0 Å². The summed E-state index contributed by atoms with van der Waals surface area (Å²) in [4.78, 5) is 12.5. The second-order valence-electron chi connectivity index (χ2n) is 2.49. The average molecular weight is 144 g/mol. The third kappa shape index (κ3) is 1.46. The van der Waals surface area contributed by atoms with Gasteiger partial charge < -0.3 is 15.7 Å². The highest BCUT2D eigenvalue weighted by Crippen LogP contribution is 2.08. The lowest BCUT2D eigenvalue weighted by molar-refractivity contribution is -0.127. The van der Waals surface area contributed by atoms with Gasteiger partial charge in [0.2, 0.25) is 5.91 Å². The summed E-state index contributed by atoms with van der Waals surface area (Å²) in [6.07, 6.45) is -0.209. The molecule has 0 aliphatic carbocycles. The Hall–Kier alpha value is -0.610. The molecule has 0 spiro atoms. The van der Waals surface area contributed by atoms with Crippen LogP contribution in [0.4, 0.5) is 0 Å². The van der Waals surface area contributed by atoms with Crippen molar-refractivity contribution in [2.45, 2.75) is 12.5 Å². The summed E-state index contributed by atoms with van der Waals surface area (Å²) in [6.45, 7) is 1.49. The molecule has 1 atom stereocenters. The molecule has 0 aromatic carbocycles. The molecule has 1 saturated heterocycles. The van der Waals surface area contributed by atoms with Gasteiger partial charge in [0.1, 0.15) is 0 Å². The smallest absolute Gasteiger partial charge is 0.225 e. The van der Waals surface area contributed by atoms with Crippen molar-refractivity contribution in [2.75, 3.05) is 19.6 Å². The third-order valence-electron chi connectivity index (χ3n) is 1.59. The van der Waals surface area contributed by atoms with E-state index < -0.39 is 6.10 Å². The molecule has 0 bridgehead atoms. The first-order valence-electron chi connectivity index (χ1n) is 3.40. The molecule has 58 valence electrons. The van der Waals surface area contributed by atoms with Gasteiger partial charge in [0.05, 0.1) is 12.5 Å². The maximum atomic E-state index is 10.9. The second-order valence-corrected chi connectivity index (χ2v) is 2.49. The van der Waals surface area contributed by atoms with Crippen LogP contribution >= 0.6 is 0 Å². The van der Waals surface area contributed by atoms with Crippen LogP contribution in [0, 0.1) is 0 Å². The lowest BCUT2D eigenvalue weighted by atomic mass is 10.3. The molecule has 0 radical (unpaired) electrons. The fourth-order valence-corrected chi connectivity index (χ4v) is 1.12. The minimum Gasteiger partial charge on any atom is -0.391 e. The monoisotopic (exact) mass is 144 g/mol. The summed E-state index contributed by atoms with van der Waals surface area (Å²) < 4.78 is 0. The summed E-state index contributed by atoms with van der Waals surface area (Å²) >= 11 is 0. The molecule has 0 saturated carbocycles. The molecule has 4 nitrogen and oxygen atoms in total. The summed E-state index contributed by atoms with van der Waals surface area (Å²) in [6, 6.07) is 0. The van der Waals surface area contributed by atoms with Crippen LogP contribution in [-0.2, 0) is 4.79 Å². The van der Waals surface area contributed by atoms with Crippen molar-refractivity contribution >= 4 is 5.91 Å². The Morgan fingerprint density at radius 1 is 1.80 bits per heavy atom. The highest BCUT2D eigenvalue weighted by Gasteiger charge is 2.26. The van der Waals surface area contributed by atoms with Gasteiger partial charge in [-0.1, -0.05) is 0 Å². The first-order chi connectivity index (χ1) is 4.74. The van der Waals surface area contributed by atoms with Gasteiger partial charge in [0, 0.05) is 19.6 Å². The van der Waals surface area contributed by atoms with E-state index in [2.05, 4.69) is 0 Å². The van der Waals surface area contributed by atoms with Crippen LogP contribution in [0.15, 0.2) is 0 Å². The molecule has 3 N–H and O–H groups in total. The number of hydrogen-bond acceptors (Lipinski definition) is 3. The van der Waals surface area contributed by atoms with Crippen molar-refractivity contribution in [2.24, 2.45) is 5.73 Å². The standard InChI is InChI=1S/C6H12N2O2/c7-1-2-8-4-5(9)3-6(8)10/h5,9H,1-4,7H2/t5-/m0/s1. The van der Waals surface area contributed by atoms with E-state index in [1.807, 2.05) is 0 Å². The van der Waals surface area contributed by atoms with Crippen molar-refractivity contribution in [1.82, 2.24) is 4.90 Å². The molecule has 1 amide bonds. The van der Waals surface area contributed by atoms with Crippen LogP contribution in [0.2, 0.25) is 0 Å². The number of carbonyl (C=O) groups is 1. The molecule has 1 fully saturated rings. The van der Waals surface area contributed by atoms with Crippen molar-refractivity contribution < 1.29 is 9.90 Å². The minimum absolute atomic E-state index is 0.0120. The topological polar surface area (TPSA) is 66.6 Å². The van der Waals surface area contributed by atoms with Crippen LogP contribution in [0.1, 0.15) is 6.42 Å². The summed E-state index contributed by atoms with van der Waals surface area (Å²) in [7, 11) is 0. The van der Waals surface area contributed by atoms with E-state index in [0.717, 1.165) is 0 Å². The molecule has 4 heteroatoms. The lowest BCUT2D eigenvalue weighted by Crippen LogP contribution is -2.31. The van der Waals surface area contributed by atoms with E-state index in [1.54, 1.807) is 4.90 Å². The SMILES string of the molecule is NCCN1C[C@@H](O)CC1=O. The zero-order valence-corrected chi connectivity index (χ0v) is 5.79. The molecule has 1 heterocycles. The van der Waals surface area contributed by atoms with E-state index >= 15 is 0 Å². The molecule has 0 aromatic rings. The van der Waals surface area contributed by atoms with Gasteiger partial charge in [-0.05, 0) is 0 Å². The number of likely N-dealkylation sites (tertiary alicyclic amines) is 1. The highest BCUT2D eigenvalue weighted by atomic mass is 16.3. The highest BCUT2D eigenvalue weighted by molar-refractivity contribution is 5.78. The number of nitrogens with two attached hydrogens (primary N) is 1. The molecule has 1 rings (SSSR count). The number of β-amino-alcohol motifs (C(OH)–C–C–N with tert-alkyl or cyclic N) is 1. The maximum Gasteiger partial charge on any atom is 0.225 e. The molecular formula is C6H12N2O2. The Morgan fingerprint density at radius 3 is 2.90 bits per heavy atom. The average Bonchev–Trinajstić information content (AvgIpc) is 2.13. The van der Waals surface area contributed by atoms with Crippen molar-refractivity contribution in [3.63, 3.8) is 0 Å². The Balaban J connectivity index is 2.39. The van der Waals surface area contributed by atoms with Gasteiger partial charge in [-0.3, -0.25) is 4.79 Å². The number of aliphatic hydroxyl groups is 1. The Kier molecular flexibility index (Phi) is 2.24. The Morgan fingerprint density at radius 2 is 2.50 bits per heavy atom. The first kappa shape index (κ1) is 7.50. The first-order valence-corrected chi connectivity index (χ1v) is 3.40. The van der Waals surface area contributed by atoms with Crippen molar-refractivity contribution in [1.29, 1.82) is 0 Å². The summed E-state index contributed by atoms with van der Waals surface area (Å²) in [5, 5.41) is 8.99. The lowest BCUT2D eigenvalue weighted by Gasteiger charge is -2.12. The van der Waals surface area contributed by atoms with E-state index in [9.17, 15) is 4.79 Å². The van der Waals surface area contributed by atoms with Crippen molar-refractivity contribution in [3.8, 4) is 0 Å². The van der Waals surface area contributed by atoms with Gasteiger partial charge in [-0.15, -0.1) is 0 Å². The molecule has 0 aromatic heterocycles. The normalized spacial score (nSPS) is 26.0. The molecule has 1 aliphatic rings. The maximum absolute atomic E-state index is 10.9. The van der Waals surface area contributed by atoms with Crippen LogP contribution in [0.25, 0.3) is 0 Å². The predicted molar refractivity (Wildman–Crippen MR) is 36.3 cm³/mol. The van der Waals surface area contributed by atoms with E-state index in [0.29, 0.717) is 19.6 Å². The number of carbonyl (C=O) groups excluding carboxylic acids is 1. The van der Waals surface area contributed by atoms with Crippen molar-refractivity contribution in [3.05, 3.63) is 0 Å². The largest absolute Gasteiger partial charge is 0.391 e.